The van der Waals surface area contributed by atoms with Gasteiger partial charge >= 0.3 is 0 Å². The van der Waals surface area contributed by atoms with Crippen molar-refractivity contribution in [1.29, 1.82) is 0 Å². The third-order valence-corrected chi connectivity index (χ3v) is 4.07. The second kappa shape index (κ2) is 5.42. The Bertz CT molecular complexity index is 814. The predicted octanol–water partition coefficient (Wildman–Crippen LogP) is 3.01. The number of halogens is 1. The summed E-state index contributed by atoms with van der Waals surface area (Å²) in [6.45, 7) is 2.57. The third kappa shape index (κ3) is 2.44. The lowest BCUT2D eigenvalue weighted by molar-refractivity contribution is 0.517. The van der Waals surface area contributed by atoms with Gasteiger partial charge in [-0.15, -0.1) is 0 Å². The van der Waals surface area contributed by atoms with E-state index in [4.69, 9.17) is 11.6 Å². The summed E-state index contributed by atoms with van der Waals surface area (Å²) in [7, 11) is 0. The van der Waals surface area contributed by atoms with Crippen LogP contribution in [0.25, 0.3) is 11.3 Å². The Morgan fingerprint density at radius 3 is 2.91 bits per heavy atom. The van der Waals surface area contributed by atoms with Gasteiger partial charge < -0.3 is 4.90 Å². The molecule has 1 aliphatic rings. The first-order valence-corrected chi connectivity index (χ1v) is 7.51. The van der Waals surface area contributed by atoms with Crippen LogP contribution in [0.2, 0.25) is 5.02 Å². The zero-order chi connectivity index (χ0) is 14.9. The van der Waals surface area contributed by atoms with E-state index < -0.39 is 0 Å². The molecule has 5 nitrogen and oxygen atoms in total. The van der Waals surface area contributed by atoms with Crippen LogP contribution in [0.1, 0.15) is 5.69 Å². The van der Waals surface area contributed by atoms with Gasteiger partial charge in [-0.2, -0.15) is 5.10 Å². The molecule has 110 valence electrons. The standard InChI is InChI=1S/C16H14ClN5/c17-13-3-1-2-12(8-13)15-9-16(19-11-18-15)21-6-7-22-14(10-21)4-5-20-22/h1-5,8-9,11H,6-7,10H2. The largest absolute Gasteiger partial charge is 0.349 e. The molecular weight excluding hydrogens is 298 g/mol. The topological polar surface area (TPSA) is 46.8 Å². The number of aromatic nitrogens is 4. The van der Waals surface area contributed by atoms with Crippen molar-refractivity contribution in [1.82, 2.24) is 19.7 Å². The lowest BCUT2D eigenvalue weighted by atomic mass is 10.1. The fraction of sp³-hybridized carbons (Fsp3) is 0.188. The van der Waals surface area contributed by atoms with Gasteiger partial charge in [-0.3, -0.25) is 4.68 Å². The summed E-state index contributed by atoms with van der Waals surface area (Å²) < 4.78 is 2.04. The normalized spacial score (nSPS) is 14.0. The summed E-state index contributed by atoms with van der Waals surface area (Å²) in [6.07, 6.45) is 3.45. The minimum absolute atomic E-state index is 0.708. The molecule has 0 unspecified atom stereocenters. The summed E-state index contributed by atoms with van der Waals surface area (Å²) >= 11 is 6.06. The van der Waals surface area contributed by atoms with E-state index in [1.165, 1.54) is 5.69 Å². The van der Waals surface area contributed by atoms with Crippen LogP contribution in [-0.2, 0) is 13.1 Å². The maximum absolute atomic E-state index is 6.06. The maximum Gasteiger partial charge on any atom is 0.132 e. The number of hydrogen-bond donors (Lipinski definition) is 0. The average Bonchev–Trinajstić information content (AvgIpc) is 3.02. The molecule has 0 amide bonds. The van der Waals surface area contributed by atoms with E-state index in [9.17, 15) is 0 Å². The fourth-order valence-electron chi connectivity index (χ4n) is 2.71. The monoisotopic (exact) mass is 311 g/mol. The zero-order valence-corrected chi connectivity index (χ0v) is 12.6. The van der Waals surface area contributed by atoms with Crippen molar-refractivity contribution in [2.24, 2.45) is 0 Å². The summed E-state index contributed by atoms with van der Waals surface area (Å²) in [6, 6.07) is 11.8. The van der Waals surface area contributed by atoms with E-state index >= 15 is 0 Å². The molecule has 0 N–H and O–H groups in total. The highest BCUT2D eigenvalue weighted by Crippen LogP contribution is 2.25. The van der Waals surface area contributed by atoms with Crippen LogP contribution in [0.15, 0.2) is 48.9 Å². The molecule has 4 rings (SSSR count). The van der Waals surface area contributed by atoms with Crippen molar-refractivity contribution in [3.8, 4) is 11.3 Å². The summed E-state index contributed by atoms with van der Waals surface area (Å²) in [5.41, 5.74) is 3.08. The SMILES string of the molecule is Clc1cccc(-c2cc(N3CCn4nccc4C3)ncn2)c1. The van der Waals surface area contributed by atoms with Crippen LogP contribution in [-0.4, -0.2) is 26.3 Å². The highest BCUT2D eigenvalue weighted by Gasteiger charge is 2.18. The van der Waals surface area contributed by atoms with Gasteiger partial charge in [0.25, 0.3) is 0 Å². The molecule has 1 aromatic carbocycles. The second-order valence-electron chi connectivity index (χ2n) is 5.24. The molecule has 1 aliphatic heterocycles. The molecule has 0 radical (unpaired) electrons. The molecule has 0 aliphatic carbocycles. The molecule has 2 aromatic heterocycles. The average molecular weight is 312 g/mol. The van der Waals surface area contributed by atoms with Crippen LogP contribution < -0.4 is 4.90 Å². The van der Waals surface area contributed by atoms with Crippen molar-refractivity contribution >= 4 is 17.4 Å². The Balaban J connectivity index is 1.65. The summed E-state index contributed by atoms with van der Waals surface area (Å²) in [5.74, 6) is 0.928. The quantitative estimate of drug-likeness (QED) is 0.730. The summed E-state index contributed by atoms with van der Waals surface area (Å²) in [5, 5.41) is 5.01. The lowest BCUT2D eigenvalue weighted by Crippen LogP contribution is -2.34. The fourth-order valence-corrected chi connectivity index (χ4v) is 2.90. The highest BCUT2D eigenvalue weighted by molar-refractivity contribution is 6.30. The third-order valence-electron chi connectivity index (χ3n) is 3.84. The Kier molecular flexibility index (Phi) is 3.27. The van der Waals surface area contributed by atoms with Crippen molar-refractivity contribution < 1.29 is 0 Å². The van der Waals surface area contributed by atoms with Gasteiger partial charge in [-0.25, -0.2) is 9.97 Å². The van der Waals surface area contributed by atoms with Gasteiger partial charge in [0.15, 0.2) is 0 Å². The molecule has 22 heavy (non-hydrogen) atoms. The van der Waals surface area contributed by atoms with Crippen LogP contribution in [0, 0.1) is 0 Å². The molecule has 0 fully saturated rings. The number of anilines is 1. The second-order valence-corrected chi connectivity index (χ2v) is 5.68. The van der Waals surface area contributed by atoms with Gasteiger partial charge in [0, 0.05) is 29.4 Å². The van der Waals surface area contributed by atoms with Crippen LogP contribution >= 0.6 is 11.6 Å². The smallest absolute Gasteiger partial charge is 0.132 e. The van der Waals surface area contributed by atoms with Gasteiger partial charge in [-0.05, 0) is 18.2 Å². The Labute approximate surface area is 133 Å². The molecule has 0 atom stereocenters. The van der Waals surface area contributed by atoms with Crippen molar-refractivity contribution in [2.45, 2.75) is 13.1 Å². The maximum atomic E-state index is 6.06. The number of fused-ring (bicyclic) bond motifs is 1. The van der Waals surface area contributed by atoms with Crippen molar-refractivity contribution in [3.63, 3.8) is 0 Å². The van der Waals surface area contributed by atoms with Crippen molar-refractivity contribution in [3.05, 3.63) is 59.6 Å². The Hall–Kier alpha value is -2.40. The Morgan fingerprint density at radius 2 is 2.00 bits per heavy atom. The van der Waals surface area contributed by atoms with E-state index in [2.05, 4.69) is 20.0 Å². The lowest BCUT2D eigenvalue weighted by Gasteiger charge is -2.28. The Morgan fingerprint density at radius 1 is 1.05 bits per heavy atom. The number of rotatable bonds is 2. The molecule has 0 spiro atoms. The minimum Gasteiger partial charge on any atom is -0.349 e. The van der Waals surface area contributed by atoms with Gasteiger partial charge in [0.1, 0.15) is 12.1 Å². The van der Waals surface area contributed by atoms with Crippen molar-refractivity contribution in [2.75, 3.05) is 11.4 Å². The number of nitrogens with zero attached hydrogens (tertiary/aromatic N) is 5. The van der Waals surface area contributed by atoms with Gasteiger partial charge in [-0.1, -0.05) is 23.7 Å². The number of benzene rings is 1. The first-order chi connectivity index (χ1) is 10.8. The van der Waals surface area contributed by atoms with E-state index in [0.717, 1.165) is 36.7 Å². The van der Waals surface area contributed by atoms with E-state index in [-0.39, 0.29) is 0 Å². The number of hydrogen-bond acceptors (Lipinski definition) is 4. The minimum atomic E-state index is 0.708. The molecule has 0 saturated carbocycles. The zero-order valence-electron chi connectivity index (χ0n) is 11.9. The highest BCUT2D eigenvalue weighted by atomic mass is 35.5. The van der Waals surface area contributed by atoms with Gasteiger partial charge in [0.05, 0.1) is 24.5 Å². The van der Waals surface area contributed by atoms with E-state index in [1.54, 1.807) is 6.33 Å². The predicted molar refractivity (Wildman–Crippen MR) is 85.8 cm³/mol. The van der Waals surface area contributed by atoms with Crippen LogP contribution in [0.3, 0.4) is 0 Å². The first-order valence-electron chi connectivity index (χ1n) is 7.13. The van der Waals surface area contributed by atoms with Crippen LogP contribution in [0.5, 0.6) is 0 Å². The van der Waals surface area contributed by atoms with Crippen LogP contribution in [0.4, 0.5) is 5.82 Å². The molecule has 0 bridgehead atoms. The molecular formula is C16H14ClN5. The van der Waals surface area contributed by atoms with E-state index in [1.807, 2.05) is 47.3 Å². The van der Waals surface area contributed by atoms with Gasteiger partial charge in [0.2, 0.25) is 0 Å². The molecule has 3 aromatic rings. The molecule has 6 heteroatoms. The summed E-state index contributed by atoms with van der Waals surface area (Å²) in [4.78, 5) is 11.0. The molecule has 3 heterocycles. The first kappa shape index (κ1) is 13.3. The van der Waals surface area contributed by atoms with E-state index in [0.29, 0.717) is 5.02 Å². The molecule has 0 saturated heterocycles.